The Hall–Kier alpha value is -1.10. The minimum atomic E-state index is -0.268. The van der Waals surface area contributed by atoms with Gasteiger partial charge in [-0.05, 0) is 32.1 Å². The van der Waals surface area contributed by atoms with E-state index in [1.807, 2.05) is 6.92 Å². The Kier molecular flexibility index (Phi) is 5.19. The van der Waals surface area contributed by atoms with Crippen molar-refractivity contribution < 1.29 is 14.3 Å². The van der Waals surface area contributed by atoms with Gasteiger partial charge in [0.1, 0.15) is 6.04 Å². The van der Waals surface area contributed by atoms with Crippen molar-refractivity contribution in [3.05, 3.63) is 0 Å². The van der Waals surface area contributed by atoms with Crippen LogP contribution in [-0.2, 0) is 14.3 Å². The van der Waals surface area contributed by atoms with Crippen LogP contribution >= 0.6 is 0 Å². The summed E-state index contributed by atoms with van der Waals surface area (Å²) in [6, 6.07) is -0.268. The molecule has 2 heterocycles. The molecular weight excluding hydrogens is 244 g/mol. The van der Waals surface area contributed by atoms with Gasteiger partial charge in [0, 0.05) is 13.2 Å². The van der Waals surface area contributed by atoms with Crippen LogP contribution < -0.4 is 5.32 Å². The van der Waals surface area contributed by atoms with Crippen molar-refractivity contribution in [2.24, 2.45) is 0 Å². The summed E-state index contributed by atoms with van der Waals surface area (Å²) in [5.41, 5.74) is 0. The zero-order valence-corrected chi connectivity index (χ0v) is 11.7. The molecule has 0 aromatic heterocycles. The van der Waals surface area contributed by atoms with E-state index in [9.17, 15) is 9.59 Å². The second-order valence-corrected chi connectivity index (χ2v) is 5.39. The monoisotopic (exact) mass is 268 g/mol. The van der Waals surface area contributed by atoms with E-state index in [4.69, 9.17) is 4.74 Å². The summed E-state index contributed by atoms with van der Waals surface area (Å²) >= 11 is 0. The molecule has 0 aromatic carbocycles. The largest absolute Gasteiger partial charge is 0.378 e. The SMILES string of the molecule is CCCC1C(=O)NCC(=O)N1CCCC1CCCO1. The third kappa shape index (κ3) is 3.69. The molecule has 108 valence electrons. The van der Waals surface area contributed by atoms with Crippen LogP contribution in [0.25, 0.3) is 0 Å². The van der Waals surface area contributed by atoms with Gasteiger partial charge in [0.15, 0.2) is 0 Å². The number of carbonyl (C=O) groups is 2. The Morgan fingerprint density at radius 3 is 2.89 bits per heavy atom. The average Bonchev–Trinajstić information content (AvgIpc) is 2.90. The zero-order chi connectivity index (χ0) is 13.7. The molecule has 2 amide bonds. The zero-order valence-electron chi connectivity index (χ0n) is 11.7. The predicted octanol–water partition coefficient (Wildman–Crippen LogP) is 1.07. The number of hydrogen-bond donors (Lipinski definition) is 1. The highest BCUT2D eigenvalue weighted by Crippen LogP contribution is 2.18. The molecule has 2 saturated heterocycles. The highest BCUT2D eigenvalue weighted by Gasteiger charge is 2.33. The van der Waals surface area contributed by atoms with E-state index >= 15 is 0 Å². The molecule has 0 aromatic rings. The smallest absolute Gasteiger partial charge is 0.243 e. The van der Waals surface area contributed by atoms with Crippen LogP contribution in [-0.4, -0.2) is 48.6 Å². The van der Waals surface area contributed by atoms with Crippen molar-refractivity contribution >= 4 is 11.8 Å². The number of rotatable bonds is 6. The number of nitrogens with one attached hydrogen (secondary N) is 1. The van der Waals surface area contributed by atoms with Crippen LogP contribution in [0.3, 0.4) is 0 Å². The van der Waals surface area contributed by atoms with Crippen molar-refractivity contribution in [1.29, 1.82) is 0 Å². The van der Waals surface area contributed by atoms with E-state index in [1.165, 1.54) is 0 Å². The topological polar surface area (TPSA) is 58.6 Å². The molecule has 0 saturated carbocycles. The lowest BCUT2D eigenvalue weighted by molar-refractivity contribution is -0.146. The molecule has 0 aliphatic carbocycles. The molecule has 2 rings (SSSR count). The number of piperazine rings is 1. The molecule has 2 aliphatic heterocycles. The van der Waals surface area contributed by atoms with E-state index < -0.39 is 0 Å². The molecule has 0 spiro atoms. The Bertz CT molecular complexity index is 327. The van der Waals surface area contributed by atoms with Gasteiger partial charge in [-0.25, -0.2) is 0 Å². The number of hydrogen-bond acceptors (Lipinski definition) is 3. The molecule has 19 heavy (non-hydrogen) atoms. The normalized spacial score (nSPS) is 27.7. The molecule has 5 nitrogen and oxygen atoms in total. The van der Waals surface area contributed by atoms with Gasteiger partial charge in [-0.3, -0.25) is 9.59 Å². The number of nitrogens with zero attached hydrogens (tertiary/aromatic N) is 1. The second-order valence-electron chi connectivity index (χ2n) is 5.39. The van der Waals surface area contributed by atoms with Crippen LogP contribution in [0.2, 0.25) is 0 Å². The van der Waals surface area contributed by atoms with Crippen molar-refractivity contribution in [3.8, 4) is 0 Å². The quantitative estimate of drug-likeness (QED) is 0.784. The van der Waals surface area contributed by atoms with E-state index in [0.717, 1.165) is 45.1 Å². The van der Waals surface area contributed by atoms with Gasteiger partial charge < -0.3 is 15.0 Å². The summed E-state index contributed by atoms with van der Waals surface area (Å²) in [4.78, 5) is 25.5. The minimum absolute atomic E-state index is 0.00133. The fourth-order valence-corrected chi connectivity index (χ4v) is 2.90. The first-order valence-electron chi connectivity index (χ1n) is 7.41. The van der Waals surface area contributed by atoms with Crippen LogP contribution in [0.5, 0.6) is 0 Å². The van der Waals surface area contributed by atoms with Crippen molar-refractivity contribution in [1.82, 2.24) is 10.2 Å². The average molecular weight is 268 g/mol. The predicted molar refractivity (Wildman–Crippen MR) is 71.6 cm³/mol. The maximum atomic E-state index is 11.9. The van der Waals surface area contributed by atoms with Crippen molar-refractivity contribution in [2.75, 3.05) is 19.7 Å². The molecule has 2 atom stereocenters. The second kappa shape index (κ2) is 6.89. The van der Waals surface area contributed by atoms with E-state index in [1.54, 1.807) is 4.90 Å². The third-order valence-electron chi connectivity index (χ3n) is 3.92. The van der Waals surface area contributed by atoms with Crippen LogP contribution in [0, 0.1) is 0 Å². The van der Waals surface area contributed by atoms with Crippen molar-refractivity contribution in [2.45, 2.75) is 57.6 Å². The van der Waals surface area contributed by atoms with Crippen molar-refractivity contribution in [3.63, 3.8) is 0 Å². The van der Waals surface area contributed by atoms with Gasteiger partial charge >= 0.3 is 0 Å². The maximum absolute atomic E-state index is 11.9. The minimum Gasteiger partial charge on any atom is -0.378 e. The van der Waals surface area contributed by atoms with Gasteiger partial charge in [0.2, 0.25) is 11.8 Å². The highest BCUT2D eigenvalue weighted by atomic mass is 16.5. The van der Waals surface area contributed by atoms with Crippen LogP contribution in [0.4, 0.5) is 0 Å². The Balaban J connectivity index is 1.83. The van der Waals surface area contributed by atoms with Crippen LogP contribution in [0.1, 0.15) is 45.4 Å². The summed E-state index contributed by atoms with van der Waals surface area (Å²) in [7, 11) is 0. The molecule has 5 heteroatoms. The van der Waals surface area contributed by atoms with Gasteiger partial charge in [0.25, 0.3) is 0 Å². The lowest BCUT2D eigenvalue weighted by atomic mass is 10.1. The number of ether oxygens (including phenoxy) is 1. The maximum Gasteiger partial charge on any atom is 0.243 e. The summed E-state index contributed by atoms with van der Waals surface area (Å²) in [5, 5.41) is 2.67. The third-order valence-corrected chi connectivity index (χ3v) is 3.92. The van der Waals surface area contributed by atoms with Gasteiger partial charge in [-0.2, -0.15) is 0 Å². The van der Waals surface area contributed by atoms with E-state index in [0.29, 0.717) is 12.6 Å². The molecule has 2 aliphatic rings. The lowest BCUT2D eigenvalue weighted by Crippen LogP contribution is -2.58. The molecule has 1 N–H and O–H groups in total. The summed E-state index contributed by atoms with van der Waals surface area (Å²) in [5.74, 6) is 0.0453. The highest BCUT2D eigenvalue weighted by molar-refractivity contribution is 5.94. The Labute approximate surface area is 114 Å². The van der Waals surface area contributed by atoms with Gasteiger partial charge in [0.05, 0.1) is 12.6 Å². The number of carbonyl (C=O) groups excluding carboxylic acids is 2. The lowest BCUT2D eigenvalue weighted by Gasteiger charge is -2.35. The molecule has 2 unspecified atom stereocenters. The number of amides is 2. The standard InChI is InChI=1S/C14H24N2O3/c1-2-5-12-14(18)15-10-13(17)16(12)8-3-6-11-7-4-9-19-11/h11-12H,2-10H2,1H3,(H,15,18). The molecular formula is C14H24N2O3. The van der Waals surface area contributed by atoms with Gasteiger partial charge in [-0.15, -0.1) is 0 Å². The van der Waals surface area contributed by atoms with Gasteiger partial charge in [-0.1, -0.05) is 13.3 Å². The summed E-state index contributed by atoms with van der Waals surface area (Å²) in [6.07, 6.45) is 6.21. The van der Waals surface area contributed by atoms with E-state index in [-0.39, 0.29) is 24.4 Å². The molecule has 2 fully saturated rings. The first kappa shape index (κ1) is 14.3. The Morgan fingerprint density at radius 2 is 2.21 bits per heavy atom. The first-order valence-corrected chi connectivity index (χ1v) is 7.41. The fraction of sp³-hybridized carbons (Fsp3) is 0.857. The molecule has 0 radical (unpaired) electrons. The van der Waals surface area contributed by atoms with Crippen LogP contribution in [0.15, 0.2) is 0 Å². The van der Waals surface area contributed by atoms with E-state index in [2.05, 4.69) is 5.32 Å². The first-order chi connectivity index (χ1) is 9.22. The molecule has 0 bridgehead atoms. The Morgan fingerprint density at radius 1 is 1.37 bits per heavy atom. The summed E-state index contributed by atoms with van der Waals surface area (Å²) in [6.45, 7) is 3.74. The summed E-state index contributed by atoms with van der Waals surface area (Å²) < 4.78 is 5.58. The fourth-order valence-electron chi connectivity index (χ4n) is 2.90.